The summed E-state index contributed by atoms with van der Waals surface area (Å²) in [4.78, 5) is 4.43. The lowest BCUT2D eigenvalue weighted by Gasteiger charge is -2.21. The minimum absolute atomic E-state index is 0.488. The molecule has 0 amide bonds. The maximum atomic E-state index is 4.43. The molecular formula is C15H21N5S. The molecule has 1 aliphatic rings. The van der Waals surface area contributed by atoms with Gasteiger partial charge in [-0.15, -0.1) is 10.2 Å². The summed E-state index contributed by atoms with van der Waals surface area (Å²) < 4.78 is 2.14. The third kappa shape index (κ3) is 3.27. The highest BCUT2D eigenvalue weighted by atomic mass is 32.2. The van der Waals surface area contributed by atoms with Crippen LogP contribution in [-0.2, 0) is 12.8 Å². The Kier molecular flexibility index (Phi) is 4.55. The van der Waals surface area contributed by atoms with Gasteiger partial charge in [-0.25, -0.2) is 0 Å². The van der Waals surface area contributed by atoms with Gasteiger partial charge >= 0.3 is 0 Å². The molecule has 5 nitrogen and oxygen atoms in total. The zero-order chi connectivity index (χ0) is 14.7. The van der Waals surface area contributed by atoms with E-state index < -0.39 is 0 Å². The smallest absolute Gasteiger partial charge is 0.191 e. The highest BCUT2D eigenvalue weighted by molar-refractivity contribution is 7.98. The predicted octanol–water partition coefficient (Wildman–Crippen LogP) is 2.28. The first-order valence-corrected chi connectivity index (χ1v) is 8.37. The van der Waals surface area contributed by atoms with Crippen LogP contribution in [0.15, 0.2) is 23.5 Å². The van der Waals surface area contributed by atoms with E-state index in [9.17, 15) is 0 Å². The van der Waals surface area contributed by atoms with Gasteiger partial charge in [-0.2, -0.15) is 0 Å². The number of aryl methyl sites for hydroxylation is 1. The molecule has 1 fully saturated rings. The molecule has 0 bridgehead atoms. The topological polar surface area (TPSA) is 55.6 Å². The van der Waals surface area contributed by atoms with Crippen LogP contribution in [0.4, 0.5) is 0 Å². The molecule has 0 aliphatic carbocycles. The number of rotatable bonds is 4. The molecule has 21 heavy (non-hydrogen) atoms. The van der Waals surface area contributed by atoms with Crippen molar-refractivity contribution in [3.8, 4) is 0 Å². The fraction of sp³-hybridized carbons (Fsp3) is 0.533. The largest absolute Gasteiger partial charge is 0.316 e. The molecule has 0 saturated carbocycles. The standard InChI is InChI=1S/C15H21N5S/c1-11-5-3-8-17-13(11)10-21-15-19-18-14(20(15)2)12-6-4-7-16-9-12/h3,5,8,12,16H,4,6-7,9-10H2,1-2H3/t12-/m1/s1. The Bertz CT molecular complexity index is 604. The molecule has 0 aromatic carbocycles. The van der Waals surface area contributed by atoms with Crippen molar-refractivity contribution in [1.29, 1.82) is 0 Å². The molecule has 1 N–H and O–H groups in total. The van der Waals surface area contributed by atoms with Crippen LogP contribution in [0.3, 0.4) is 0 Å². The second-order valence-corrected chi connectivity index (χ2v) is 6.44. The van der Waals surface area contributed by atoms with Gasteiger partial charge in [0.25, 0.3) is 0 Å². The third-order valence-electron chi connectivity index (χ3n) is 3.99. The summed E-state index contributed by atoms with van der Waals surface area (Å²) in [6.07, 6.45) is 4.26. The quantitative estimate of drug-likeness (QED) is 0.878. The molecule has 1 aliphatic heterocycles. The van der Waals surface area contributed by atoms with Crippen LogP contribution in [0, 0.1) is 6.92 Å². The van der Waals surface area contributed by atoms with Gasteiger partial charge in [0.15, 0.2) is 5.16 Å². The minimum atomic E-state index is 0.488. The van der Waals surface area contributed by atoms with E-state index in [4.69, 9.17) is 0 Å². The van der Waals surface area contributed by atoms with Gasteiger partial charge in [-0.05, 0) is 37.9 Å². The van der Waals surface area contributed by atoms with Crippen molar-refractivity contribution in [3.05, 3.63) is 35.4 Å². The van der Waals surface area contributed by atoms with Crippen LogP contribution in [0.2, 0.25) is 0 Å². The summed E-state index contributed by atoms with van der Waals surface area (Å²) in [5.74, 6) is 2.42. The van der Waals surface area contributed by atoms with Gasteiger partial charge < -0.3 is 9.88 Å². The van der Waals surface area contributed by atoms with Crippen molar-refractivity contribution in [3.63, 3.8) is 0 Å². The van der Waals surface area contributed by atoms with Crippen LogP contribution < -0.4 is 5.32 Å². The fourth-order valence-electron chi connectivity index (χ4n) is 2.68. The predicted molar refractivity (Wildman–Crippen MR) is 84.4 cm³/mol. The zero-order valence-electron chi connectivity index (χ0n) is 12.5. The van der Waals surface area contributed by atoms with Crippen molar-refractivity contribution >= 4 is 11.8 Å². The Labute approximate surface area is 129 Å². The highest BCUT2D eigenvalue weighted by Gasteiger charge is 2.21. The molecule has 1 saturated heterocycles. The van der Waals surface area contributed by atoms with E-state index in [1.807, 2.05) is 12.3 Å². The van der Waals surface area contributed by atoms with Crippen molar-refractivity contribution in [2.24, 2.45) is 7.05 Å². The molecule has 0 unspecified atom stereocenters. The van der Waals surface area contributed by atoms with Crippen LogP contribution in [0.5, 0.6) is 0 Å². The molecular weight excluding hydrogens is 282 g/mol. The van der Waals surface area contributed by atoms with Crippen molar-refractivity contribution in [2.75, 3.05) is 13.1 Å². The Morgan fingerprint density at radius 1 is 1.43 bits per heavy atom. The van der Waals surface area contributed by atoms with Crippen molar-refractivity contribution in [1.82, 2.24) is 25.1 Å². The maximum Gasteiger partial charge on any atom is 0.191 e. The van der Waals surface area contributed by atoms with E-state index >= 15 is 0 Å². The van der Waals surface area contributed by atoms with E-state index in [0.717, 1.165) is 35.5 Å². The number of hydrogen-bond acceptors (Lipinski definition) is 5. The summed E-state index contributed by atoms with van der Waals surface area (Å²) >= 11 is 1.71. The molecule has 3 heterocycles. The number of nitrogens with one attached hydrogen (secondary N) is 1. The molecule has 0 spiro atoms. The monoisotopic (exact) mass is 303 g/mol. The summed E-state index contributed by atoms with van der Waals surface area (Å²) in [5.41, 5.74) is 2.34. The van der Waals surface area contributed by atoms with Crippen LogP contribution >= 0.6 is 11.8 Å². The molecule has 1 atom stereocenters. The summed E-state index contributed by atoms with van der Waals surface area (Å²) in [6.45, 7) is 4.23. The molecule has 2 aromatic heterocycles. The van der Waals surface area contributed by atoms with Crippen molar-refractivity contribution in [2.45, 2.75) is 36.6 Å². The van der Waals surface area contributed by atoms with Crippen molar-refractivity contribution < 1.29 is 0 Å². The first-order chi connectivity index (χ1) is 10.3. The normalized spacial score (nSPS) is 18.9. The molecule has 6 heteroatoms. The number of hydrogen-bond donors (Lipinski definition) is 1. The van der Waals surface area contributed by atoms with E-state index in [1.54, 1.807) is 11.8 Å². The van der Waals surface area contributed by atoms with Gasteiger partial charge in [-0.1, -0.05) is 17.8 Å². The summed E-state index contributed by atoms with van der Waals surface area (Å²) in [6, 6.07) is 4.07. The average molecular weight is 303 g/mol. The van der Waals surface area contributed by atoms with Gasteiger partial charge in [0.1, 0.15) is 5.82 Å². The molecule has 0 radical (unpaired) electrons. The van der Waals surface area contributed by atoms with Gasteiger partial charge in [0.05, 0.1) is 5.69 Å². The first-order valence-electron chi connectivity index (χ1n) is 7.39. The van der Waals surface area contributed by atoms with Crippen LogP contribution in [-0.4, -0.2) is 32.8 Å². The first kappa shape index (κ1) is 14.5. The average Bonchev–Trinajstić information content (AvgIpc) is 2.88. The highest BCUT2D eigenvalue weighted by Crippen LogP contribution is 2.26. The molecule has 3 rings (SSSR count). The molecule has 112 valence electrons. The Morgan fingerprint density at radius 3 is 3.10 bits per heavy atom. The fourth-order valence-corrected chi connectivity index (χ4v) is 3.64. The van der Waals surface area contributed by atoms with E-state index in [1.165, 1.54) is 18.4 Å². The van der Waals surface area contributed by atoms with E-state index in [0.29, 0.717) is 5.92 Å². The maximum absolute atomic E-state index is 4.43. The van der Waals surface area contributed by atoms with Gasteiger partial charge in [0, 0.05) is 31.5 Å². The van der Waals surface area contributed by atoms with Gasteiger partial charge in [-0.3, -0.25) is 4.98 Å². The number of nitrogens with zero attached hydrogens (tertiary/aromatic N) is 4. The lowest BCUT2D eigenvalue weighted by atomic mass is 9.99. The molecule has 2 aromatic rings. The Balaban J connectivity index is 1.69. The van der Waals surface area contributed by atoms with Gasteiger partial charge in [0.2, 0.25) is 0 Å². The lowest BCUT2D eigenvalue weighted by molar-refractivity contribution is 0.436. The number of thioether (sulfide) groups is 1. The number of aromatic nitrogens is 4. The second-order valence-electron chi connectivity index (χ2n) is 5.50. The summed E-state index contributed by atoms with van der Waals surface area (Å²) in [5, 5.41) is 13.2. The Morgan fingerprint density at radius 2 is 2.33 bits per heavy atom. The van der Waals surface area contributed by atoms with E-state index in [2.05, 4.69) is 45.1 Å². The van der Waals surface area contributed by atoms with Crippen LogP contribution in [0.1, 0.15) is 35.8 Å². The third-order valence-corrected chi connectivity index (χ3v) is 5.02. The number of pyridine rings is 1. The number of piperidine rings is 1. The SMILES string of the molecule is Cc1cccnc1CSc1nnc([C@@H]2CCCNC2)n1C. The second kappa shape index (κ2) is 6.58. The Hall–Kier alpha value is -1.40. The zero-order valence-corrected chi connectivity index (χ0v) is 13.4. The van der Waals surface area contributed by atoms with E-state index in [-0.39, 0.29) is 0 Å². The summed E-state index contributed by atoms with van der Waals surface area (Å²) in [7, 11) is 2.07. The van der Waals surface area contributed by atoms with Crippen LogP contribution in [0.25, 0.3) is 0 Å². The minimum Gasteiger partial charge on any atom is -0.316 e. The lowest BCUT2D eigenvalue weighted by Crippen LogP contribution is -2.29.